The van der Waals surface area contributed by atoms with E-state index >= 15 is 0 Å². The summed E-state index contributed by atoms with van der Waals surface area (Å²) < 4.78 is 5.34. The van der Waals surface area contributed by atoms with Crippen LogP contribution in [0.15, 0.2) is 18.2 Å². The topological polar surface area (TPSA) is 70.7 Å². The maximum absolute atomic E-state index is 12.7. The Morgan fingerprint density at radius 1 is 1.08 bits per heavy atom. The Hall–Kier alpha value is -2.24. The summed E-state index contributed by atoms with van der Waals surface area (Å²) in [4.78, 5) is 25.8. The van der Waals surface area contributed by atoms with Crippen LogP contribution < -0.4 is 15.4 Å². The number of carbonyl (C=O) groups excluding carboxylic acids is 2. The Bertz CT molecular complexity index is 577. The molecule has 0 aliphatic carbocycles. The summed E-state index contributed by atoms with van der Waals surface area (Å²) in [5.74, 6) is 0.484. The Morgan fingerprint density at radius 3 is 2.12 bits per heavy atom. The van der Waals surface area contributed by atoms with Gasteiger partial charge in [-0.1, -0.05) is 0 Å². The molecular formula is C18H29N3O3. The van der Waals surface area contributed by atoms with Crippen LogP contribution in [0, 0.1) is 0 Å². The second kappa shape index (κ2) is 8.57. The molecule has 0 radical (unpaired) electrons. The molecule has 2 N–H and O–H groups in total. The second-order valence-corrected chi connectivity index (χ2v) is 6.40. The summed E-state index contributed by atoms with van der Waals surface area (Å²) in [7, 11) is 1.57. The van der Waals surface area contributed by atoms with Crippen LogP contribution in [0.3, 0.4) is 0 Å². The quantitative estimate of drug-likeness (QED) is 0.803. The minimum atomic E-state index is -0.420. The van der Waals surface area contributed by atoms with E-state index in [0.29, 0.717) is 17.1 Å². The van der Waals surface area contributed by atoms with Gasteiger partial charge in [0.05, 0.1) is 12.8 Å². The molecule has 6 heteroatoms. The number of hydrogen-bond donors (Lipinski definition) is 2. The molecule has 0 spiro atoms. The molecule has 1 atom stereocenters. The van der Waals surface area contributed by atoms with Crippen LogP contribution in [0.1, 0.15) is 41.5 Å². The molecule has 2 amide bonds. The van der Waals surface area contributed by atoms with E-state index in [-0.39, 0.29) is 23.9 Å². The van der Waals surface area contributed by atoms with E-state index < -0.39 is 6.04 Å². The molecule has 1 aromatic carbocycles. The number of amides is 2. The third-order valence-electron chi connectivity index (χ3n) is 3.63. The fraction of sp³-hybridized carbons (Fsp3) is 0.556. The molecule has 0 saturated carbocycles. The molecule has 0 saturated heterocycles. The number of anilines is 2. The lowest BCUT2D eigenvalue weighted by Crippen LogP contribution is -2.48. The van der Waals surface area contributed by atoms with Crippen LogP contribution in [-0.4, -0.2) is 41.9 Å². The van der Waals surface area contributed by atoms with Crippen molar-refractivity contribution in [1.82, 2.24) is 4.90 Å². The van der Waals surface area contributed by atoms with E-state index in [1.807, 2.05) is 39.5 Å². The standard InChI is InChI=1S/C18H29N3O3/c1-11(2)21(12(3)4)18(23)13(5)19-16-10-15(20-14(6)22)8-9-17(16)24-7/h8-13,19H,1-7H3,(H,20,22)/t13-/m1/s1. The minimum absolute atomic E-state index is 0.0204. The number of methoxy groups -OCH3 is 1. The first-order valence-electron chi connectivity index (χ1n) is 8.21. The Labute approximate surface area is 144 Å². The van der Waals surface area contributed by atoms with Gasteiger partial charge in [-0.15, -0.1) is 0 Å². The molecule has 0 aliphatic heterocycles. The van der Waals surface area contributed by atoms with E-state index in [2.05, 4.69) is 10.6 Å². The Kier molecular flexibility index (Phi) is 7.07. The van der Waals surface area contributed by atoms with Gasteiger partial charge in [-0.2, -0.15) is 0 Å². The van der Waals surface area contributed by atoms with Gasteiger partial charge in [-0.3, -0.25) is 9.59 Å². The first-order valence-corrected chi connectivity index (χ1v) is 8.21. The number of rotatable bonds is 7. The van der Waals surface area contributed by atoms with E-state index in [1.165, 1.54) is 6.92 Å². The number of benzene rings is 1. The van der Waals surface area contributed by atoms with Crippen LogP contribution in [0.4, 0.5) is 11.4 Å². The summed E-state index contributed by atoms with van der Waals surface area (Å²) in [5.41, 5.74) is 1.31. The molecule has 0 aliphatic rings. The molecule has 1 rings (SSSR count). The highest BCUT2D eigenvalue weighted by atomic mass is 16.5. The SMILES string of the molecule is COc1ccc(NC(C)=O)cc1N[C@H](C)C(=O)N(C(C)C)C(C)C. The number of nitrogens with one attached hydrogen (secondary N) is 2. The van der Waals surface area contributed by atoms with Gasteiger partial charge in [0.25, 0.3) is 0 Å². The van der Waals surface area contributed by atoms with Crippen molar-refractivity contribution in [3.8, 4) is 5.75 Å². The van der Waals surface area contributed by atoms with Gasteiger partial charge in [0.15, 0.2) is 0 Å². The van der Waals surface area contributed by atoms with Crippen molar-refractivity contribution >= 4 is 23.2 Å². The van der Waals surface area contributed by atoms with Crippen molar-refractivity contribution in [3.05, 3.63) is 18.2 Å². The zero-order chi connectivity index (χ0) is 18.4. The smallest absolute Gasteiger partial charge is 0.245 e. The zero-order valence-electron chi connectivity index (χ0n) is 15.6. The van der Waals surface area contributed by atoms with Crippen molar-refractivity contribution in [2.24, 2.45) is 0 Å². The molecule has 0 fully saturated rings. The summed E-state index contributed by atoms with van der Waals surface area (Å²) in [6.45, 7) is 11.3. The predicted molar refractivity (Wildman–Crippen MR) is 97.5 cm³/mol. The molecule has 0 aromatic heterocycles. The van der Waals surface area contributed by atoms with Crippen LogP contribution in [0.5, 0.6) is 5.75 Å². The van der Waals surface area contributed by atoms with Gasteiger partial charge in [0.1, 0.15) is 11.8 Å². The van der Waals surface area contributed by atoms with Gasteiger partial charge in [-0.25, -0.2) is 0 Å². The van der Waals surface area contributed by atoms with Gasteiger partial charge in [0, 0.05) is 24.7 Å². The molecule has 1 aromatic rings. The highest BCUT2D eigenvalue weighted by molar-refractivity contribution is 5.90. The normalized spacial score (nSPS) is 12.0. The van der Waals surface area contributed by atoms with Gasteiger partial charge >= 0.3 is 0 Å². The lowest BCUT2D eigenvalue weighted by atomic mass is 10.1. The largest absolute Gasteiger partial charge is 0.495 e. The van der Waals surface area contributed by atoms with E-state index in [9.17, 15) is 9.59 Å². The first kappa shape index (κ1) is 19.8. The van der Waals surface area contributed by atoms with Crippen LogP contribution in [0.25, 0.3) is 0 Å². The van der Waals surface area contributed by atoms with E-state index in [1.54, 1.807) is 25.3 Å². The Morgan fingerprint density at radius 2 is 1.67 bits per heavy atom. The average Bonchev–Trinajstić information content (AvgIpc) is 2.46. The lowest BCUT2D eigenvalue weighted by Gasteiger charge is -2.33. The summed E-state index contributed by atoms with van der Waals surface area (Å²) >= 11 is 0. The summed E-state index contributed by atoms with van der Waals surface area (Å²) in [6, 6.07) is 5.10. The fourth-order valence-corrected chi connectivity index (χ4v) is 2.73. The summed E-state index contributed by atoms with van der Waals surface area (Å²) in [6.07, 6.45) is 0. The third kappa shape index (κ3) is 5.15. The van der Waals surface area contributed by atoms with Gasteiger partial charge in [0.2, 0.25) is 11.8 Å². The zero-order valence-corrected chi connectivity index (χ0v) is 15.6. The monoisotopic (exact) mass is 335 g/mol. The number of ether oxygens (including phenoxy) is 1. The van der Waals surface area contributed by atoms with E-state index in [0.717, 1.165) is 0 Å². The highest BCUT2D eigenvalue weighted by Gasteiger charge is 2.25. The van der Waals surface area contributed by atoms with Crippen molar-refractivity contribution in [1.29, 1.82) is 0 Å². The predicted octanol–water partition coefficient (Wildman–Crippen LogP) is 3.10. The van der Waals surface area contributed by atoms with Crippen molar-refractivity contribution in [2.45, 2.75) is 59.7 Å². The molecule has 0 bridgehead atoms. The van der Waals surface area contributed by atoms with Gasteiger partial charge in [-0.05, 0) is 52.8 Å². The van der Waals surface area contributed by atoms with Crippen molar-refractivity contribution in [3.63, 3.8) is 0 Å². The van der Waals surface area contributed by atoms with Crippen molar-refractivity contribution < 1.29 is 14.3 Å². The average molecular weight is 335 g/mol. The molecule has 0 unspecified atom stereocenters. The molecule has 134 valence electrons. The van der Waals surface area contributed by atoms with Crippen LogP contribution in [-0.2, 0) is 9.59 Å². The third-order valence-corrected chi connectivity index (χ3v) is 3.63. The maximum atomic E-state index is 12.7. The van der Waals surface area contributed by atoms with Crippen LogP contribution in [0.2, 0.25) is 0 Å². The number of nitrogens with zero attached hydrogens (tertiary/aromatic N) is 1. The first-order chi connectivity index (χ1) is 11.2. The fourth-order valence-electron chi connectivity index (χ4n) is 2.73. The van der Waals surface area contributed by atoms with Crippen LogP contribution >= 0.6 is 0 Å². The Balaban J connectivity index is 3.01. The maximum Gasteiger partial charge on any atom is 0.245 e. The molecular weight excluding hydrogens is 306 g/mol. The highest BCUT2D eigenvalue weighted by Crippen LogP contribution is 2.28. The second-order valence-electron chi connectivity index (χ2n) is 6.40. The molecule has 0 heterocycles. The molecule has 6 nitrogen and oxygen atoms in total. The van der Waals surface area contributed by atoms with Crippen molar-refractivity contribution in [2.75, 3.05) is 17.7 Å². The summed E-state index contributed by atoms with van der Waals surface area (Å²) in [5, 5.41) is 5.93. The van der Waals surface area contributed by atoms with Gasteiger partial charge < -0.3 is 20.3 Å². The number of hydrogen-bond acceptors (Lipinski definition) is 4. The molecule has 24 heavy (non-hydrogen) atoms. The van der Waals surface area contributed by atoms with E-state index in [4.69, 9.17) is 4.74 Å². The number of carbonyl (C=O) groups is 2. The minimum Gasteiger partial charge on any atom is -0.495 e. The lowest BCUT2D eigenvalue weighted by molar-refractivity contribution is -0.135.